The van der Waals surface area contributed by atoms with Crippen LogP contribution in [-0.4, -0.2) is 62.7 Å². The number of aliphatic imine (C=N–C) groups is 1. The molecule has 0 unspecified atom stereocenters. The Labute approximate surface area is 216 Å². The second-order valence-electron chi connectivity index (χ2n) is 7.91. The molecule has 2 aromatic carbocycles. The first kappa shape index (κ1) is 24.6. The molecular formula is C23H20N4O8S2. The van der Waals surface area contributed by atoms with E-state index in [1.165, 1.54) is 20.3 Å². The molecule has 0 bridgehead atoms. The number of hydrogen-bond donors (Lipinski definition) is 1. The minimum atomic E-state index is -3.76. The van der Waals surface area contributed by atoms with Gasteiger partial charge in [0.2, 0.25) is 32.7 Å². The highest BCUT2D eigenvalue weighted by atomic mass is 32.2. The highest BCUT2D eigenvalue weighted by Gasteiger charge is 2.41. The largest absolute Gasteiger partial charge is 0.493 e. The molecule has 0 aliphatic carbocycles. The van der Waals surface area contributed by atoms with E-state index in [-0.39, 0.29) is 35.1 Å². The number of ether oxygens (including phenoxy) is 5. The third-order valence-corrected chi connectivity index (χ3v) is 7.19. The second kappa shape index (κ2) is 9.44. The average Bonchev–Trinajstić information content (AvgIpc) is 3.51. The second-order valence-corrected chi connectivity index (χ2v) is 10.5. The van der Waals surface area contributed by atoms with Crippen molar-refractivity contribution in [2.45, 2.75) is 6.61 Å². The summed E-state index contributed by atoms with van der Waals surface area (Å²) < 4.78 is 55.8. The van der Waals surface area contributed by atoms with Crippen LogP contribution in [0.15, 0.2) is 45.3 Å². The smallest absolute Gasteiger partial charge is 0.283 e. The Balaban J connectivity index is 1.45. The van der Waals surface area contributed by atoms with Gasteiger partial charge in [-0.1, -0.05) is 6.07 Å². The molecule has 37 heavy (non-hydrogen) atoms. The summed E-state index contributed by atoms with van der Waals surface area (Å²) in [4.78, 5) is 17.6. The fraction of sp³-hybridized carbons (Fsp3) is 0.217. The fourth-order valence-corrected chi connectivity index (χ4v) is 5.56. The lowest BCUT2D eigenvalue weighted by Gasteiger charge is -2.24. The molecule has 1 N–H and O–H groups in total. The molecule has 0 fully saturated rings. The molecule has 3 heterocycles. The van der Waals surface area contributed by atoms with E-state index in [4.69, 9.17) is 29.1 Å². The van der Waals surface area contributed by atoms with Crippen LogP contribution < -0.4 is 23.7 Å². The van der Waals surface area contributed by atoms with Gasteiger partial charge in [0.1, 0.15) is 12.4 Å². The average molecular weight is 545 g/mol. The van der Waals surface area contributed by atoms with Crippen LogP contribution >= 0.6 is 11.9 Å². The maximum absolute atomic E-state index is 12.7. The summed E-state index contributed by atoms with van der Waals surface area (Å²) >= 11 is 0.726. The van der Waals surface area contributed by atoms with E-state index in [0.29, 0.717) is 34.3 Å². The van der Waals surface area contributed by atoms with Crippen LogP contribution in [-0.2, 0) is 21.2 Å². The molecule has 0 saturated carbocycles. The zero-order chi connectivity index (χ0) is 26.3. The standard InChI is InChI=1S/C23H20N4O8S2/c1-31-17-8-13(6-14-20(24)27-22(25-21(14)28)36-26-23(27)37(3,29)30)9-18(32-2)19(17)33-10-12-4-5-15-16(7-12)35-11-34-15/h4-9,24H,10-11H2,1-3H3. The van der Waals surface area contributed by atoms with Gasteiger partial charge in [0.25, 0.3) is 5.91 Å². The van der Waals surface area contributed by atoms with Gasteiger partial charge in [0.15, 0.2) is 23.0 Å². The first-order valence-corrected chi connectivity index (χ1v) is 13.3. The summed E-state index contributed by atoms with van der Waals surface area (Å²) in [7, 11) is -0.839. The van der Waals surface area contributed by atoms with Crippen LogP contribution in [0, 0.1) is 5.41 Å². The SMILES string of the molecule is COc1cc(C=C2C(=N)N3C(=NC2=O)SN=C3S(C)(=O)=O)cc(OC)c1OCc1ccc2c(c1)OCO2. The van der Waals surface area contributed by atoms with Gasteiger partial charge in [-0.05, 0) is 41.5 Å². The normalized spacial score (nSPS) is 17.5. The number of benzene rings is 2. The molecule has 0 atom stereocenters. The molecule has 0 saturated heterocycles. The highest BCUT2D eigenvalue weighted by Crippen LogP contribution is 2.41. The maximum Gasteiger partial charge on any atom is 0.283 e. The molecular weight excluding hydrogens is 524 g/mol. The van der Waals surface area contributed by atoms with E-state index < -0.39 is 15.7 Å². The zero-order valence-electron chi connectivity index (χ0n) is 19.8. The number of carbonyl (C=O) groups excluding carboxylic acids is 1. The van der Waals surface area contributed by atoms with Crippen LogP contribution in [0.4, 0.5) is 0 Å². The Morgan fingerprint density at radius 2 is 1.84 bits per heavy atom. The Bertz CT molecular complexity index is 1510. The van der Waals surface area contributed by atoms with Crippen molar-refractivity contribution < 1.29 is 36.9 Å². The summed E-state index contributed by atoms with van der Waals surface area (Å²) in [6.07, 6.45) is 2.38. The number of nitrogens with zero attached hydrogens (tertiary/aromatic N) is 3. The topological polar surface area (TPSA) is 149 Å². The van der Waals surface area contributed by atoms with E-state index >= 15 is 0 Å². The number of methoxy groups -OCH3 is 2. The monoisotopic (exact) mass is 544 g/mol. The lowest BCUT2D eigenvalue weighted by Crippen LogP contribution is -2.45. The van der Waals surface area contributed by atoms with Crippen molar-refractivity contribution in [1.29, 1.82) is 5.41 Å². The molecule has 2 aromatic rings. The molecule has 0 radical (unpaired) electrons. The van der Waals surface area contributed by atoms with E-state index in [1.807, 2.05) is 12.1 Å². The minimum absolute atomic E-state index is 0.00926. The van der Waals surface area contributed by atoms with Crippen LogP contribution in [0.5, 0.6) is 28.7 Å². The van der Waals surface area contributed by atoms with Crippen LogP contribution in [0.2, 0.25) is 0 Å². The van der Waals surface area contributed by atoms with Crippen LogP contribution in [0.3, 0.4) is 0 Å². The van der Waals surface area contributed by atoms with E-state index in [1.54, 1.807) is 18.2 Å². The number of sulfone groups is 1. The number of hydrogen-bond acceptors (Lipinski definition) is 11. The van der Waals surface area contributed by atoms with Gasteiger partial charge in [-0.3, -0.25) is 10.2 Å². The molecule has 12 nitrogen and oxygen atoms in total. The Kier molecular flexibility index (Phi) is 6.29. The summed E-state index contributed by atoms with van der Waals surface area (Å²) in [5.74, 6) is 1.21. The predicted octanol–water partition coefficient (Wildman–Crippen LogP) is 2.63. The quantitative estimate of drug-likeness (QED) is 0.425. The van der Waals surface area contributed by atoms with Crippen molar-refractivity contribution in [1.82, 2.24) is 4.90 Å². The Morgan fingerprint density at radius 1 is 1.14 bits per heavy atom. The predicted molar refractivity (Wildman–Crippen MR) is 136 cm³/mol. The molecule has 0 aromatic heterocycles. The zero-order valence-corrected chi connectivity index (χ0v) is 21.4. The molecule has 1 amide bonds. The van der Waals surface area contributed by atoms with Gasteiger partial charge >= 0.3 is 0 Å². The molecule has 192 valence electrons. The van der Waals surface area contributed by atoms with Gasteiger partial charge in [-0.2, -0.15) is 9.39 Å². The minimum Gasteiger partial charge on any atom is -0.493 e. The number of amidine groups is 3. The molecule has 5 rings (SSSR count). The van der Waals surface area contributed by atoms with Gasteiger partial charge in [0, 0.05) is 6.26 Å². The molecule has 14 heteroatoms. The van der Waals surface area contributed by atoms with Gasteiger partial charge in [-0.25, -0.2) is 13.3 Å². The maximum atomic E-state index is 12.7. The summed E-state index contributed by atoms with van der Waals surface area (Å²) in [6.45, 7) is 0.356. The van der Waals surface area contributed by atoms with E-state index in [0.717, 1.165) is 28.7 Å². The highest BCUT2D eigenvalue weighted by molar-refractivity contribution is 8.16. The Morgan fingerprint density at radius 3 is 2.51 bits per heavy atom. The van der Waals surface area contributed by atoms with Crippen molar-refractivity contribution in [3.8, 4) is 28.7 Å². The number of carbonyl (C=O) groups is 1. The van der Waals surface area contributed by atoms with E-state index in [9.17, 15) is 13.2 Å². The number of amides is 1. The lowest BCUT2D eigenvalue weighted by atomic mass is 10.1. The van der Waals surface area contributed by atoms with Crippen molar-refractivity contribution in [3.63, 3.8) is 0 Å². The third kappa shape index (κ3) is 4.60. The number of fused-ring (bicyclic) bond motifs is 2. The fourth-order valence-electron chi connectivity index (χ4n) is 3.72. The summed E-state index contributed by atoms with van der Waals surface area (Å²) in [5.41, 5.74) is 1.16. The molecule has 3 aliphatic heterocycles. The first-order chi connectivity index (χ1) is 17.7. The molecule has 0 spiro atoms. The van der Waals surface area contributed by atoms with Gasteiger partial charge in [-0.15, -0.1) is 0 Å². The Hall–Kier alpha value is -4.04. The van der Waals surface area contributed by atoms with Crippen LogP contribution in [0.25, 0.3) is 6.08 Å². The van der Waals surface area contributed by atoms with Crippen LogP contribution in [0.1, 0.15) is 11.1 Å². The van der Waals surface area contributed by atoms with Crippen molar-refractivity contribution in [2.24, 2.45) is 9.39 Å². The van der Waals surface area contributed by atoms with Gasteiger partial charge in [0.05, 0.1) is 31.7 Å². The van der Waals surface area contributed by atoms with E-state index in [2.05, 4.69) is 9.39 Å². The van der Waals surface area contributed by atoms with Crippen molar-refractivity contribution in [2.75, 3.05) is 27.3 Å². The summed E-state index contributed by atoms with van der Waals surface area (Å²) in [5, 5.41) is 8.16. The number of rotatable bonds is 6. The van der Waals surface area contributed by atoms with Crippen molar-refractivity contribution in [3.05, 3.63) is 47.0 Å². The van der Waals surface area contributed by atoms with Crippen molar-refractivity contribution >= 4 is 49.9 Å². The summed E-state index contributed by atoms with van der Waals surface area (Å²) in [6, 6.07) is 8.68. The first-order valence-electron chi connectivity index (χ1n) is 10.7. The third-order valence-electron chi connectivity index (χ3n) is 5.44. The van der Waals surface area contributed by atoms with Gasteiger partial charge < -0.3 is 23.7 Å². The lowest BCUT2D eigenvalue weighted by molar-refractivity contribution is -0.114. The molecule has 3 aliphatic rings. The number of nitrogens with one attached hydrogen (secondary N) is 1.